The average Bonchev–Trinajstić information content (AvgIpc) is 2.71. The molecule has 1 aromatic heterocycles. The molecule has 116 valence electrons. The van der Waals surface area contributed by atoms with Crippen LogP contribution in [0.15, 0.2) is 6.08 Å². The Morgan fingerprint density at radius 2 is 2.14 bits per heavy atom. The summed E-state index contributed by atoms with van der Waals surface area (Å²) in [6.07, 6.45) is 4.54. The predicted molar refractivity (Wildman–Crippen MR) is 79.7 cm³/mol. The van der Waals surface area contributed by atoms with Crippen molar-refractivity contribution in [2.45, 2.75) is 32.2 Å². The van der Waals surface area contributed by atoms with E-state index in [1.54, 1.807) is 10.8 Å². The van der Waals surface area contributed by atoms with E-state index in [0.29, 0.717) is 26.1 Å². The lowest BCUT2D eigenvalue weighted by molar-refractivity contribution is -0.120. The van der Waals surface area contributed by atoms with Gasteiger partial charge in [0.1, 0.15) is 0 Å². The largest absolute Gasteiger partial charge is 0.394 e. The fourth-order valence-corrected chi connectivity index (χ4v) is 2.58. The zero-order chi connectivity index (χ0) is 15.5. The zero-order valence-electron chi connectivity index (χ0n) is 12.8. The topological polar surface area (TPSA) is 76.4 Å². The number of carbonyl (C=O) groups is 1. The first-order chi connectivity index (χ1) is 9.97. The molecule has 2 N–H and O–H groups in total. The third kappa shape index (κ3) is 3.51. The van der Waals surface area contributed by atoms with Crippen LogP contribution in [0.2, 0.25) is 0 Å². The van der Waals surface area contributed by atoms with Gasteiger partial charge in [0.05, 0.1) is 17.8 Å². The molecule has 1 aliphatic heterocycles. The van der Waals surface area contributed by atoms with Crippen molar-refractivity contribution >= 4 is 12.0 Å². The van der Waals surface area contributed by atoms with Gasteiger partial charge in [-0.2, -0.15) is 5.10 Å². The molecule has 2 rings (SSSR count). The normalized spacial score (nSPS) is 18.1. The Morgan fingerprint density at radius 3 is 2.67 bits per heavy atom. The minimum absolute atomic E-state index is 0.0686. The van der Waals surface area contributed by atoms with Gasteiger partial charge in [-0.1, -0.05) is 0 Å². The van der Waals surface area contributed by atoms with Crippen LogP contribution < -0.4 is 5.32 Å². The Balaban J connectivity index is 2.05. The van der Waals surface area contributed by atoms with Crippen molar-refractivity contribution in [2.24, 2.45) is 7.05 Å². The molecule has 0 aromatic carbocycles. The summed E-state index contributed by atoms with van der Waals surface area (Å²) >= 11 is 0. The highest BCUT2D eigenvalue weighted by Crippen LogP contribution is 2.20. The Labute approximate surface area is 124 Å². The van der Waals surface area contributed by atoms with Gasteiger partial charge < -0.3 is 15.2 Å². The van der Waals surface area contributed by atoms with E-state index in [2.05, 4.69) is 10.4 Å². The Bertz CT molecular complexity index is 543. The van der Waals surface area contributed by atoms with Gasteiger partial charge in [0.2, 0.25) is 5.91 Å². The molecule has 1 aromatic rings. The molecular formula is C15H23N3O3. The number of aliphatic hydroxyl groups is 1. The van der Waals surface area contributed by atoms with Crippen molar-refractivity contribution in [1.82, 2.24) is 15.1 Å². The van der Waals surface area contributed by atoms with Gasteiger partial charge in [0, 0.05) is 37.6 Å². The highest BCUT2D eigenvalue weighted by molar-refractivity contribution is 5.92. The summed E-state index contributed by atoms with van der Waals surface area (Å²) < 4.78 is 7.07. The van der Waals surface area contributed by atoms with Crippen molar-refractivity contribution in [3.05, 3.63) is 23.0 Å². The van der Waals surface area contributed by atoms with Crippen LogP contribution in [0.4, 0.5) is 0 Å². The molecule has 0 aliphatic carbocycles. The summed E-state index contributed by atoms with van der Waals surface area (Å²) in [7, 11) is 1.88. The van der Waals surface area contributed by atoms with Crippen molar-refractivity contribution < 1.29 is 14.6 Å². The lowest BCUT2D eigenvalue weighted by Gasteiger charge is -2.35. The number of aliphatic hydroxyl groups excluding tert-OH is 1. The van der Waals surface area contributed by atoms with Crippen molar-refractivity contribution in [2.75, 3.05) is 19.8 Å². The number of amides is 1. The van der Waals surface area contributed by atoms with Gasteiger partial charge >= 0.3 is 0 Å². The first-order valence-electron chi connectivity index (χ1n) is 7.16. The van der Waals surface area contributed by atoms with Gasteiger partial charge in [0.15, 0.2) is 0 Å². The minimum Gasteiger partial charge on any atom is -0.394 e. The van der Waals surface area contributed by atoms with Gasteiger partial charge in [0.25, 0.3) is 0 Å². The van der Waals surface area contributed by atoms with Gasteiger partial charge in [-0.3, -0.25) is 9.48 Å². The van der Waals surface area contributed by atoms with Crippen LogP contribution in [-0.2, 0) is 16.6 Å². The summed E-state index contributed by atoms with van der Waals surface area (Å²) in [4.78, 5) is 12.1. The number of carbonyl (C=O) groups excluding carboxylic acids is 1. The summed E-state index contributed by atoms with van der Waals surface area (Å²) in [5, 5.41) is 16.8. The highest BCUT2D eigenvalue weighted by atomic mass is 16.5. The van der Waals surface area contributed by atoms with E-state index in [1.807, 2.05) is 20.9 Å². The summed E-state index contributed by atoms with van der Waals surface area (Å²) in [6.45, 7) is 4.93. The number of rotatable bonds is 4. The molecule has 0 saturated carbocycles. The summed E-state index contributed by atoms with van der Waals surface area (Å²) in [6, 6.07) is 0. The van der Waals surface area contributed by atoms with Crippen LogP contribution in [-0.4, -0.2) is 46.2 Å². The molecule has 6 nitrogen and oxygen atoms in total. The monoisotopic (exact) mass is 293 g/mol. The first kappa shape index (κ1) is 15.7. The standard InChI is InChI=1S/C15H23N3O3/c1-11-13(12(2)18(3)17-11)4-5-14(20)16-15(10-19)6-8-21-9-7-15/h4-5,19H,6-10H2,1-3H3,(H,16,20)/b5-4+. The second kappa shape index (κ2) is 6.41. The number of nitrogens with zero attached hydrogens (tertiary/aromatic N) is 2. The summed E-state index contributed by atoms with van der Waals surface area (Å²) in [5.74, 6) is -0.200. The molecule has 1 amide bonds. The van der Waals surface area contributed by atoms with Crippen LogP contribution in [0.3, 0.4) is 0 Å². The van der Waals surface area contributed by atoms with E-state index >= 15 is 0 Å². The van der Waals surface area contributed by atoms with E-state index in [4.69, 9.17) is 4.74 Å². The molecule has 0 atom stereocenters. The van der Waals surface area contributed by atoms with E-state index in [9.17, 15) is 9.90 Å². The minimum atomic E-state index is -0.557. The maximum atomic E-state index is 12.1. The fourth-order valence-electron chi connectivity index (χ4n) is 2.58. The first-order valence-corrected chi connectivity index (χ1v) is 7.16. The molecular weight excluding hydrogens is 270 g/mol. The number of aromatic nitrogens is 2. The molecule has 6 heteroatoms. The highest BCUT2D eigenvalue weighted by Gasteiger charge is 2.32. The van der Waals surface area contributed by atoms with Crippen molar-refractivity contribution in [1.29, 1.82) is 0 Å². The van der Waals surface area contributed by atoms with E-state index in [1.165, 1.54) is 6.08 Å². The molecule has 0 radical (unpaired) electrons. The smallest absolute Gasteiger partial charge is 0.244 e. The predicted octanol–water partition coefficient (Wildman–Crippen LogP) is 0.708. The van der Waals surface area contributed by atoms with Crippen molar-refractivity contribution in [3.63, 3.8) is 0 Å². The van der Waals surface area contributed by atoms with Crippen molar-refractivity contribution in [3.8, 4) is 0 Å². The molecule has 2 heterocycles. The molecule has 1 aliphatic rings. The Morgan fingerprint density at radius 1 is 1.48 bits per heavy atom. The Kier molecular flexibility index (Phi) is 4.80. The third-order valence-corrected chi connectivity index (χ3v) is 4.11. The van der Waals surface area contributed by atoms with Crippen LogP contribution >= 0.6 is 0 Å². The Hall–Kier alpha value is -1.66. The van der Waals surface area contributed by atoms with Gasteiger partial charge in [-0.05, 0) is 32.8 Å². The van der Waals surface area contributed by atoms with Crippen LogP contribution in [0, 0.1) is 13.8 Å². The third-order valence-electron chi connectivity index (χ3n) is 4.11. The SMILES string of the molecule is Cc1nn(C)c(C)c1/C=C/C(=O)NC1(CO)CCOCC1. The van der Waals surface area contributed by atoms with E-state index in [0.717, 1.165) is 17.0 Å². The number of hydrogen-bond donors (Lipinski definition) is 2. The van der Waals surface area contributed by atoms with Gasteiger partial charge in [-0.15, -0.1) is 0 Å². The van der Waals surface area contributed by atoms with Crippen LogP contribution in [0.25, 0.3) is 6.08 Å². The number of hydrogen-bond acceptors (Lipinski definition) is 4. The maximum Gasteiger partial charge on any atom is 0.244 e. The molecule has 0 unspecified atom stereocenters. The molecule has 21 heavy (non-hydrogen) atoms. The molecule has 0 bridgehead atoms. The maximum absolute atomic E-state index is 12.1. The van der Waals surface area contributed by atoms with E-state index in [-0.39, 0.29) is 12.5 Å². The second-order valence-corrected chi connectivity index (χ2v) is 5.58. The van der Waals surface area contributed by atoms with Crippen LogP contribution in [0.1, 0.15) is 29.8 Å². The quantitative estimate of drug-likeness (QED) is 0.802. The lowest BCUT2D eigenvalue weighted by Crippen LogP contribution is -2.54. The zero-order valence-corrected chi connectivity index (χ0v) is 12.8. The number of aryl methyl sites for hydroxylation is 2. The number of ether oxygens (including phenoxy) is 1. The van der Waals surface area contributed by atoms with Gasteiger partial charge in [-0.25, -0.2) is 0 Å². The molecule has 1 fully saturated rings. The second-order valence-electron chi connectivity index (χ2n) is 5.58. The number of nitrogens with one attached hydrogen (secondary N) is 1. The fraction of sp³-hybridized carbons (Fsp3) is 0.600. The average molecular weight is 293 g/mol. The lowest BCUT2D eigenvalue weighted by atomic mass is 9.91. The summed E-state index contributed by atoms with van der Waals surface area (Å²) in [5.41, 5.74) is 2.30. The van der Waals surface area contributed by atoms with E-state index < -0.39 is 5.54 Å². The molecule has 1 saturated heterocycles. The molecule has 0 spiro atoms. The van der Waals surface area contributed by atoms with Crippen LogP contribution in [0.5, 0.6) is 0 Å².